The van der Waals surface area contributed by atoms with E-state index >= 15 is 0 Å². The average molecular weight is 413 g/mol. The first-order valence-corrected chi connectivity index (χ1v) is 9.56. The molecule has 3 aromatic heterocycles. The SMILES string of the molecule is Cc1nc(NCc2cnn(Cc3ccnc(Cl)c3)c2)nc2c1NC(=O)C(C)N2C. The van der Waals surface area contributed by atoms with Crippen LogP contribution in [0.5, 0.6) is 0 Å². The Hall–Kier alpha value is -3.20. The molecular formula is C19H21ClN8O. The van der Waals surface area contributed by atoms with Gasteiger partial charge in [0, 0.05) is 31.5 Å². The van der Waals surface area contributed by atoms with Gasteiger partial charge in [-0.2, -0.15) is 10.1 Å². The number of nitrogens with one attached hydrogen (secondary N) is 2. The summed E-state index contributed by atoms with van der Waals surface area (Å²) in [5, 5.41) is 11.0. The number of anilines is 3. The number of amides is 1. The number of aromatic nitrogens is 5. The van der Waals surface area contributed by atoms with Crippen LogP contribution in [0.2, 0.25) is 5.15 Å². The minimum absolute atomic E-state index is 0.0599. The highest BCUT2D eigenvalue weighted by molar-refractivity contribution is 6.29. The summed E-state index contributed by atoms with van der Waals surface area (Å²) in [5.74, 6) is 1.15. The summed E-state index contributed by atoms with van der Waals surface area (Å²) in [5.41, 5.74) is 3.40. The van der Waals surface area contributed by atoms with Gasteiger partial charge in [-0.15, -0.1) is 0 Å². The lowest BCUT2D eigenvalue weighted by Crippen LogP contribution is -2.44. The van der Waals surface area contributed by atoms with Crippen molar-refractivity contribution in [3.63, 3.8) is 0 Å². The molecule has 1 aliphatic rings. The van der Waals surface area contributed by atoms with Gasteiger partial charge in [-0.3, -0.25) is 9.48 Å². The van der Waals surface area contributed by atoms with Gasteiger partial charge in [-0.1, -0.05) is 11.6 Å². The van der Waals surface area contributed by atoms with Gasteiger partial charge in [0.25, 0.3) is 0 Å². The third kappa shape index (κ3) is 4.00. The number of nitrogens with zero attached hydrogens (tertiary/aromatic N) is 6. The number of hydrogen-bond donors (Lipinski definition) is 2. The summed E-state index contributed by atoms with van der Waals surface area (Å²) in [4.78, 5) is 26.9. The molecule has 1 amide bonds. The number of carbonyl (C=O) groups is 1. The molecule has 0 radical (unpaired) electrons. The summed E-state index contributed by atoms with van der Waals surface area (Å²) in [6, 6.07) is 3.44. The molecule has 1 aliphatic heterocycles. The zero-order valence-electron chi connectivity index (χ0n) is 16.3. The second-order valence-corrected chi connectivity index (χ2v) is 7.38. The van der Waals surface area contributed by atoms with Crippen molar-refractivity contribution in [2.45, 2.75) is 33.0 Å². The Morgan fingerprint density at radius 2 is 2.14 bits per heavy atom. The average Bonchev–Trinajstić information content (AvgIpc) is 3.13. The normalized spacial score (nSPS) is 15.8. The van der Waals surface area contributed by atoms with Crippen molar-refractivity contribution < 1.29 is 4.79 Å². The Labute approximate surface area is 173 Å². The zero-order valence-corrected chi connectivity index (χ0v) is 17.1. The number of halogens is 1. The van der Waals surface area contributed by atoms with Gasteiger partial charge >= 0.3 is 0 Å². The molecule has 10 heteroatoms. The Kier molecular flexibility index (Phi) is 5.06. The summed E-state index contributed by atoms with van der Waals surface area (Å²) in [6.45, 7) is 4.83. The van der Waals surface area contributed by atoms with Crippen LogP contribution in [0.4, 0.5) is 17.5 Å². The highest BCUT2D eigenvalue weighted by Crippen LogP contribution is 2.32. The lowest BCUT2D eigenvalue weighted by molar-refractivity contribution is -0.117. The molecule has 0 saturated heterocycles. The standard InChI is InChI=1S/C19H21ClN8O/c1-11-16-17(27(3)12(2)18(29)25-16)26-19(24-11)22-7-14-8-23-28(10-14)9-13-4-5-21-15(20)6-13/h4-6,8,10,12H,7,9H2,1-3H3,(H,25,29)(H,22,24,26). The van der Waals surface area contributed by atoms with E-state index in [4.69, 9.17) is 11.6 Å². The minimum Gasteiger partial charge on any atom is -0.350 e. The number of hydrogen-bond acceptors (Lipinski definition) is 7. The molecule has 29 heavy (non-hydrogen) atoms. The van der Waals surface area contributed by atoms with Gasteiger partial charge in [0.1, 0.15) is 16.9 Å². The van der Waals surface area contributed by atoms with E-state index in [2.05, 4.69) is 30.7 Å². The van der Waals surface area contributed by atoms with Crippen LogP contribution in [0, 0.1) is 6.92 Å². The third-order valence-corrected chi connectivity index (χ3v) is 5.09. The lowest BCUT2D eigenvalue weighted by atomic mass is 10.2. The molecule has 1 atom stereocenters. The van der Waals surface area contributed by atoms with E-state index < -0.39 is 0 Å². The Morgan fingerprint density at radius 1 is 1.31 bits per heavy atom. The van der Waals surface area contributed by atoms with Gasteiger partial charge in [0.15, 0.2) is 5.82 Å². The number of pyridine rings is 1. The van der Waals surface area contributed by atoms with E-state index in [0.29, 0.717) is 35.7 Å². The van der Waals surface area contributed by atoms with Crippen LogP contribution in [0.15, 0.2) is 30.7 Å². The third-order valence-electron chi connectivity index (χ3n) is 4.89. The number of aryl methyl sites for hydroxylation is 1. The maximum atomic E-state index is 12.0. The summed E-state index contributed by atoms with van der Waals surface area (Å²) >= 11 is 5.93. The molecule has 0 fully saturated rings. The number of carbonyl (C=O) groups excluding carboxylic acids is 1. The first-order chi connectivity index (χ1) is 13.9. The van der Waals surface area contributed by atoms with Gasteiger partial charge < -0.3 is 15.5 Å². The maximum Gasteiger partial charge on any atom is 0.246 e. The lowest BCUT2D eigenvalue weighted by Gasteiger charge is -2.32. The predicted octanol–water partition coefficient (Wildman–Crippen LogP) is 2.47. The van der Waals surface area contributed by atoms with Crippen LogP contribution in [0.25, 0.3) is 0 Å². The summed E-state index contributed by atoms with van der Waals surface area (Å²) in [6.07, 6.45) is 5.44. The fourth-order valence-corrected chi connectivity index (χ4v) is 3.32. The van der Waals surface area contributed by atoms with Gasteiger partial charge in [-0.25, -0.2) is 9.97 Å². The van der Waals surface area contributed by atoms with E-state index in [1.807, 2.05) is 48.8 Å². The first kappa shape index (κ1) is 19.1. The number of rotatable bonds is 5. The van der Waals surface area contributed by atoms with Crippen LogP contribution < -0.4 is 15.5 Å². The molecule has 0 saturated carbocycles. The van der Waals surface area contributed by atoms with Gasteiger partial charge in [0.2, 0.25) is 11.9 Å². The number of likely N-dealkylation sites (N-methyl/N-ethyl adjacent to an activating group) is 1. The van der Waals surface area contributed by atoms with E-state index in [9.17, 15) is 4.79 Å². The van der Waals surface area contributed by atoms with Crippen molar-refractivity contribution in [1.82, 2.24) is 24.7 Å². The Balaban J connectivity index is 1.45. The molecule has 2 N–H and O–H groups in total. The quantitative estimate of drug-likeness (QED) is 0.621. The monoisotopic (exact) mass is 412 g/mol. The predicted molar refractivity (Wildman–Crippen MR) is 111 cm³/mol. The molecule has 150 valence electrons. The van der Waals surface area contributed by atoms with E-state index in [-0.39, 0.29) is 11.9 Å². The topological polar surface area (TPSA) is 101 Å². The molecule has 4 heterocycles. The van der Waals surface area contributed by atoms with Crippen molar-refractivity contribution in [2.24, 2.45) is 0 Å². The van der Waals surface area contributed by atoms with Gasteiger partial charge in [-0.05, 0) is 31.5 Å². The summed E-state index contributed by atoms with van der Waals surface area (Å²) < 4.78 is 1.84. The highest BCUT2D eigenvalue weighted by Gasteiger charge is 2.30. The molecule has 1 unspecified atom stereocenters. The van der Waals surface area contributed by atoms with Crippen molar-refractivity contribution in [3.8, 4) is 0 Å². The fraction of sp³-hybridized carbons (Fsp3) is 0.316. The van der Waals surface area contributed by atoms with Crippen LogP contribution in [0.3, 0.4) is 0 Å². The Morgan fingerprint density at radius 3 is 2.93 bits per heavy atom. The molecule has 0 bridgehead atoms. The Bertz CT molecular complexity index is 1070. The molecule has 0 aromatic carbocycles. The second-order valence-electron chi connectivity index (χ2n) is 6.99. The van der Waals surface area contributed by atoms with Crippen molar-refractivity contribution in [1.29, 1.82) is 0 Å². The number of fused-ring (bicyclic) bond motifs is 1. The minimum atomic E-state index is -0.287. The van der Waals surface area contributed by atoms with Crippen LogP contribution >= 0.6 is 11.6 Å². The van der Waals surface area contributed by atoms with Crippen LogP contribution in [-0.2, 0) is 17.9 Å². The molecule has 3 aromatic rings. The summed E-state index contributed by atoms with van der Waals surface area (Å²) in [7, 11) is 1.86. The molecule has 4 rings (SSSR count). The molecule has 0 spiro atoms. The first-order valence-electron chi connectivity index (χ1n) is 9.18. The van der Waals surface area contributed by atoms with Gasteiger partial charge in [0.05, 0.1) is 18.4 Å². The highest BCUT2D eigenvalue weighted by atomic mass is 35.5. The molecular weight excluding hydrogens is 392 g/mol. The fourth-order valence-electron chi connectivity index (χ4n) is 3.12. The van der Waals surface area contributed by atoms with E-state index in [0.717, 1.165) is 16.8 Å². The molecule has 0 aliphatic carbocycles. The van der Waals surface area contributed by atoms with Crippen molar-refractivity contribution >= 4 is 35.0 Å². The van der Waals surface area contributed by atoms with E-state index in [1.54, 1.807) is 12.4 Å². The largest absolute Gasteiger partial charge is 0.350 e. The van der Waals surface area contributed by atoms with E-state index in [1.165, 1.54) is 0 Å². The maximum absolute atomic E-state index is 12.0. The van der Waals surface area contributed by atoms with Crippen LogP contribution in [0.1, 0.15) is 23.7 Å². The van der Waals surface area contributed by atoms with Crippen LogP contribution in [-0.4, -0.2) is 43.7 Å². The molecule has 9 nitrogen and oxygen atoms in total. The zero-order chi connectivity index (χ0) is 20.5. The van der Waals surface area contributed by atoms with Crippen molar-refractivity contribution in [3.05, 3.63) is 52.7 Å². The van der Waals surface area contributed by atoms with Crippen molar-refractivity contribution in [2.75, 3.05) is 22.6 Å². The smallest absolute Gasteiger partial charge is 0.246 e. The second kappa shape index (κ2) is 7.67.